The summed E-state index contributed by atoms with van der Waals surface area (Å²) in [4.78, 5) is 4.37. The van der Waals surface area contributed by atoms with Crippen LogP contribution in [-0.4, -0.2) is 21.8 Å². The summed E-state index contributed by atoms with van der Waals surface area (Å²) in [5.74, 6) is 0.427. The lowest BCUT2D eigenvalue weighted by atomic mass is 10.0. The van der Waals surface area contributed by atoms with Gasteiger partial charge in [0.15, 0.2) is 0 Å². The fourth-order valence-corrected chi connectivity index (χ4v) is 3.96. The number of hydrogen-bond acceptors (Lipinski definition) is 3. The molecule has 0 aliphatic heterocycles. The minimum Gasteiger partial charge on any atom is -0.508 e. The molecule has 4 rings (SSSR count). The van der Waals surface area contributed by atoms with Crippen LogP contribution in [-0.2, 0) is 6.54 Å². The Morgan fingerprint density at radius 1 is 1.16 bits per heavy atom. The second-order valence-corrected chi connectivity index (χ2v) is 7.51. The molecule has 0 amide bonds. The fourth-order valence-electron chi connectivity index (χ4n) is 3.96. The summed E-state index contributed by atoms with van der Waals surface area (Å²) < 4.78 is 22.3. The van der Waals surface area contributed by atoms with Crippen molar-refractivity contribution in [1.29, 1.82) is 0 Å². The van der Waals surface area contributed by atoms with Crippen LogP contribution in [0.15, 0.2) is 60.8 Å². The molecule has 0 unspecified atom stereocenters. The highest BCUT2D eigenvalue weighted by atomic mass is 19.1. The van der Waals surface area contributed by atoms with Crippen LogP contribution in [0.4, 0.5) is 4.39 Å². The van der Waals surface area contributed by atoms with Crippen LogP contribution in [0.2, 0.25) is 0 Å². The van der Waals surface area contributed by atoms with E-state index < -0.39 is 0 Å². The normalized spacial score (nSPS) is 11.5. The van der Waals surface area contributed by atoms with Crippen LogP contribution >= 0.6 is 0 Å². The van der Waals surface area contributed by atoms with Crippen LogP contribution < -0.4 is 4.74 Å². The Morgan fingerprint density at radius 2 is 2.00 bits per heavy atom. The Balaban J connectivity index is 2.06. The van der Waals surface area contributed by atoms with Gasteiger partial charge in [0.1, 0.15) is 11.6 Å². The number of benzene rings is 2. The molecule has 0 aliphatic carbocycles. The molecule has 0 radical (unpaired) electrons. The largest absolute Gasteiger partial charge is 0.508 e. The first-order valence-corrected chi connectivity index (χ1v) is 10.3. The Labute approximate surface area is 181 Å². The molecule has 1 N–H and O–H groups in total. The lowest BCUT2D eigenvalue weighted by molar-refractivity contribution is 0.399. The van der Waals surface area contributed by atoms with Gasteiger partial charge >= 0.3 is 0 Å². The van der Waals surface area contributed by atoms with E-state index in [1.165, 1.54) is 6.07 Å². The standard InChI is InChI=1S/C26H25FN2O2/c1-4-5-8-24-25(20-7-6-13-28-26(20)31-3)21-15-19(30)10-12-23(21)29(24)16-18-14-17(2)9-11-22(18)27/h5-15,30H,4,16H2,1-3H3/b8-5+. The van der Waals surface area contributed by atoms with Gasteiger partial charge in [-0.2, -0.15) is 0 Å². The highest BCUT2D eigenvalue weighted by molar-refractivity contribution is 6.02. The topological polar surface area (TPSA) is 47.3 Å². The van der Waals surface area contributed by atoms with Gasteiger partial charge in [-0.15, -0.1) is 0 Å². The number of nitrogens with zero attached hydrogens (tertiary/aromatic N) is 2. The van der Waals surface area contributed by atoms with E-state index in [4.69, 9.17) is 4.74 Å². The minimum absolute atomic E-state index is 0.168. The maximum Gasteiger partial charge on any atom is 0.221 e. The first kappa shape index (κ1) is 20.7. The molecule has 0 fully saturated rings. The van der Waals surface area contributed by atoms with Gasteiger partial charge in [0, 0.05) is 39.5 Å². The van der Waals surface area contributed by atoms with Crippen LogP contribution in [0.25, 0.3) is 28.1 Å². The molecule has 0 aliphatic rings. The van der Waals surface area contributed by atoms with Gasteiger partial charge in [0.05, 0.1) is 13.7 Å². The molecular weight excluding hydrogens is 391 g/mol. The summed E-state index contributed by atoms with van der Waals surface area (Å²) in [7, 11) is 1.59. The van der Waals surface area contributed by atoms with Crippen LogP contribution in [0, 0.1) is 12.7 Å². The third-order valence-corrected chi connectivity index (χ3v) is 5.36. The highest BCUT2D eigenvalue weighted by Gasteiger charge is 2.21. The van der Waals surface area contributed by atoms with Crippen molar-refractivity contribution < 1.29 is 14.2 Å². The Bertz CT molecular complexity index is 1270. The molecule has 2 heterocycles. The average Bonchev–Trinajstić information content (AvgIpc) is 3.06. The number of pyridine rings is 1. The third-order valence-electron chi connectivity index (χ3n) is 5.36. The lowest BCUT2D eigenvalue weighted by Crippen LogP contribution is -2.04. The number of phenols is 1. The molecular formula is C26H25FN2O2. The molecule has 31 heavy (non-hydrogen) atoms. The van der Waals surface area contributed by atoms with E-state index in [1.807, 2.05) is 37.3 Å². The number of phenolic OH excluding ortho intramolecular Hbond substituents is 1. The maximum absolute atomic E-state index is 14.7. The van der Waals surface area contributed by atoms with Gasteiger partial charge in [-0.05, 0) is 55.8 Å². The van der Waals surface area contributed by atoms with Gasteiger partial charge in [-0.25, -0.2) is 9.37 Å². The predicted molar refractivity (Wildman–Crippen MR) is 123 cm³/mol. The van der Waals surface area contributed by atoms with Crippen molar-refractivity contribution >= 4 is 17.0 Å². The summed E-state index contributed by atoms with van der Waals surface area (Å²) in [6.45, 7) is 4.39. The van der Waals surface area contributed by atoms with E-state index in [1.54, 1.807) is 31.5 Å². The van der Waals surface area contributed by atoms with E-state index in [-0.39, 0.29) is 11.6 Å². The van der Waals surface area contributed by atoms with Gasteiger partial charge in [-0.1, -0.05) is 30.7 Å². The van der Waals surface area contributed by atoms with Crippen molar-refractivity contribution in [1.82, 2.24) is 9.55 Å². The van der Waals surface area contributed by atoms with Gasteiger partial charge in [0.2, 0.25) is 5.88 Å². The smallest absolute Gasteiger partial charge is 0.221 e. The molecule has 0 bridgehead atoms. The van der Waals surface area contributed by atoms with E-state index in [2.05, 4.69) is 22.6 Å². The SMILES string of the molecule is CC/C=C/c1c(-c2cccnc2OC)c2cc(O)ccc2n1Cc1cc(C)ccc1F. The molecule has 4 aromatic rings. The molecule has 158 valence electrons. The van der Waals surface area contributed by atoms with Crippen molar-refractivity contribution in [3.63, 3.8) is 0 Å². The zero-order valence-corrected chi connectivity index (χ0v) is 17.9. The number of hydrogen-bond donors (Lipinski definition) is 1. The Morgan fingerprint density at radius 3 is 2.77 bits per heavy atom. The molecule has 0 saturated carbocycles. The summed E-state index contributed by atoms with van der Waals surface area (Å²) in [5, 5.41) is 11.1. The molecule has 2 aromatic heterocycles. The molecule has 2 aromatic carbocycles. The average molecular weight is 416 g/mol. The van der Waals surface area contributed by atoms with Gasteiger partial charge in [0.25, 0.3) is 0 Å². The Hall–Kier alpha value is -3.60. The number of aromatic hydroxyl groups is 1. The van der Waals surface area contributed by atoms with Crippen molar-refractivity contribution in [3.8, 4) is 22.8 Å². The number of aromatic nitrogens is 2. The van der Waals surface area contributed by atoms with Crippen LogP contribution in [0.1, 0.15) is 30.2 Å². The summed E-state index contributed by atoms with van der Waals surface area (Å²) >= 11 is 0. The first-order chi connectivity index (χ1) is 15.0. The molecule has 5 heteroatoms. The van der Waals surface area contributed by atoms with Crippen molar-refractivity contribution in [2.75, 3.05) is 7.11 Å². The predicted octanol–water partition coefficient (Wildman–Crippen LogP) is 6.34. The quantitative estimate of drug-likeness (QED) is 0.399. The summed E-state index contributed by atoms with van der Waals surface area (Å²) in [5.41, 5.74) is 5.14. The maximum atomic E-state index is 14.7. The molecule has 4 nitrogen and oxygen atoms in total. The van der Waals surface area contributed by atoms with Crippen molar-refractivity contribution in [2.24, 2.45) is 0 Å². The molecule has 0 spiro atoms. The number of ether oxygens (including phenoxy) is 1. The number of aryl methyl sites for hydroxylation is 1. The van der Waals surface area contributed by atoms with Gasteiger partial charge in [-0.3, -0.25) is 0 Å². The number of halogens is 1. The van der Waals surface area contributed by atoms with E-state index >= 15 is 0 Å². The van der Waals surface area contributed by atoms with Crippen LogP contribution in [0.3, 0.4) is 0 Å². The lowest BCUT2D eigenvalue weighted by Gasteiger charge is -2.12. The first-order valence-electron chi connectivity index (χ1n) is 10.3. The van der Waals surface area contributed by atoms with E-state index in [0.29, 0.717) is 18.0 Å². The van der Waals surface area contributed by atoms with Crippen molar-refractivity contribution in [3.05, 3.63) is 83.4 Å². The zero-order valence-electron chi connectivity index (χ0n) is 17.9. The monoisotopic (exact) mass is 416 g/mol. The number of rotatable bonds is 6. The third kappa shape index (κ3) is 3.91. The zero-order chi connectivity index (χ0) is 22.0. The van der Waals surface area contributed by atoms with E-state index in [0.717, 1.165) is 39.7 Å². The summed E-state index contributed by atoms with van der Waals surface area (Å²) in [6.07, 6.45) is 6.66. The number of fused-ring (bicyclic) bond motifs is 1. The van der Waals surface area contributed by atoms with E-state index in [9.17, 15) is 9.50 Å². The highest BCUT2D eigenvalue weighted by Crippen LogP contribution is 2.41. The molecule has 0 saturated heterocycles. The second-order valence-electron chi connectivity index (χ2n) is 7.51. The Kier molecular flexibility index (Phi) is 5.76. The van der Waals surface area contributed by atoms with Gasteiger partial charge < -0.3 is 14.4 Å². The van der Waals surface area contributed by atoms with Crippen molar-refractivity contribution in [2.45, 2.75) is 26.8 Å². The molecule has 0 atom stereocenters. The fraction of sp³-hybridized carbons (Fsp3) is 0.192. The summed E-state index contributed by atoms with van der Waals surface area (Å²) in [6, 6.07) is 14.2. The number of allylic oxidation sites excluding steroid dienone is 1. The second kappa shape index (κ2) is 8.64. The number of methoxy groups -OCH3 is 1. The van der Waals surface area contributed by atoms with Crippen LogP contribution in [0.5, 0.6) is 11.6 Å². The minimum atomic E-state index is -0.239.